The standard InChI is InChI=1S/C17H21N3O2S2/c1-11-4-7-15(10-12(11)2)20-17(23)19-13(3)14-5-8-16(9-6-14)24(18,21)22/h4-10,13H,1-3H3,(H2,18,21,22)(H2,19,20,23)/t13-/m0/s1. The molecule has 0 radical (unpaired) electrons. The van der Waals surface area contributed by atoms with Crippen LogP contribution in [0.25, 0.3) is 0 Å². The molecule has 0 aliphatic heterocycles. The molecule has 1 atom stereocenters. The Morgan fingerprint density at radius 3 is 2.25 bits per heavy atom. The number of anilines is 1. The molecule has 128 valence electrons. The Balaban J connectivity index is 2.01. The van der Waals surface area contributed by atoms with E-state index in [9.17, 15) is 8.42 Å². The predicted octanol–water partition coefficient (Wildman–Crippen LogP) is 3.00. The van der Waals surface area contributed by atoms with Gasteiger partial charge in [0.1, 0.15) is 0 Å². The summed E-state index contributed by atoms with van der Waals surface area (Å²) in [5, 5.41) is 11.9. The van der Waals surface area contributed by atoms with Crippen molar-refractivity contribution in [2.75, 3.05) is 5.32 Å². The van der Waals surface area contributed by atoms with Gasteiger partial charge in [-0.15, -0.1) is 0 Å². The number of nitrogens with two attached hydrogens (primary N) is 1. The van der Waals surface area contributed by atoms with Gasteiger partial charge in [-0.25, -0.2) is 13.6 Å². The first-order chi connectivity index (χ1) is 11.2. The van der Waals surface area contributed by atoms with Crippen molar-refractivity contribution < 1.29 is 8.42 Å². The van der Waals surface area contributed by atoms with E-state index in [1.807, 2.05) is 32.0 Å². The van der Waals surface area contributed by atoms with Crippen LogP contribution in [0.2, 0.25) is 0 Å². The van der Waals surface area contributed by atoms with Crippen LogP contribution in [-0.4, -0.2) is 13.5 Å². The minimum absolute atomic E-state index is 0.0777. The lowest BCUT2D eigenvalue weighted by Crippen LogP contribution is -2.31. The summed E-state index contributed by atoms with van der Waals surface area (Å²) in [5.74, 6) is 0. The van der Waals surface area contributed by atoms with E-state index in [0.717, 1.165) is 11.3 Å². The van der Waals surface area contributed by atoms with Crippen LogP contribution in [0.4, 0.5) is 5.69 Å². The topological polar surface area (TPSA) is 84.2 Å². The third-order valence-electron chi connectivity index (χ3n) is 3.82. The van der Waals surface area contributed by atoms with E-state index >= 15 is 0 Å². The van der Waals surface area contributed by atoms with Crippen LogP contribution in [0, 0.1) is 13.8 Å². The molecular weight excluding hydrogens is 342 g/mol. The summed E-state index contributed by atoms with van der Waals surface area (Å²) >= 11 is 5.34. The molecule has 0 unspecified atom stereocenters. The summed E-state index contributed by atoms with van der Waals surface area (Å²) < 4.78 is 22.6. The fourth-order valence-electron chi connectivity index (χ4n) is 2.21. The molecule has 0 saturated heterocycles. The first-order valence-electron chi connectivity index (χ1n) is 7.44. The van der Waals surface area contributed by atoms with Crippen LogP contribution in [0.1, 0.15) is 29.7 Å². The summed E-state index contributed by atoms with van der Waals surface area (Å²) in [4.78, 5) is 0.0919. The van der Waals surface area contributed by atoms with Gasteiger partial charge in [0.15, 0.2) is 5.11 Å². The number of thiocarbonyl (C=S) groups is 1. The highest BCUT2D eigenvalue weighted by Gasteiger charge is 2.11. The average Bonchev–Trinajstić information content (AvgIpc) is 2.50. The van der Waals surface area contributed by atoms with Crippen molar-refractivity contribution in [3.8, 4) is 0 Å². The van der Waals surface area contributed by atoms with E-state index in [2.05, 4.69) is 17.6 Å². The van der Waals surface area contributed by atoms with E-state index in [-0.39, 0.29) is 10.9 Å². The number of benzene rings is 2. The van der Waals surface area contributed by atoms with Gasteiger partial charge < -0.3 is 10.6 Å². The highest BCUT2D eigenvalue weighted by atomic mass is 32.2. The molecular formula is C17H21N3O2S2. The molecule has 0 aromatic heterocycles. The van der Waals surface area contributed by atoms with Crippen molar-refractivity contribution in [1.29, 1.82) is 0 Å². The zero-order valence-electron chi connectivity index (χ0n) is 13.8. The summed E-state index contributed by atoms with van der Waals surface area (Å²) in [7, 11) is -3.68. The van der Waals surface area contributed by atoms with Gasteiger partial charge in [-0.1, -0.05) is 18.2 Å². The molecule has 0 saturated carbocycles. The van der Waals surface area contributed by atoms with Crippen LogP contribution in [0.3, 0.4) is 0 Å². The maximum Gasteiger partial charge on any atom is 0.238 e. The molecule has 24 heavy (non-hydrogen) atoms. The first-order valence-corrected chi connectivity index (χ1v) is 9.40. The second kappa shape index (κ2) is 7.29. The number of rotatable bonds is 4. The molecule has 2 rings (SSSR count). The van der Waals surface area contributed by atoms with E-state index in [1.165, 1.54) is 23.3 Å². The van der Waals surface area contributed by atoms with Crippen molar-refractivity contribution in [3.63, 3.8) is 0 Å². The highest BCUT2D eigenvalue weighted by molar-refractivity contribution is 7.89. The van der Waals surface area contributed by atoms with E-state index in [0.29, 0.717) is 5.11 Å². The van der Waals surface area contributed by atoms with Gasteiger partial charge in [-0.3, -0.25) is 0 Å². The zero-order chi connectivity index (χ0) is 17.9. The fraction of sp³-hybridized carbons (Fsp3) is 0.235. The van der Waals surface area contributed by atoms with Crippen LogP contribution in [0.15, 0.2) is 47.4 Å². The van der Waals surface area contributed by atoms with Crippen molar-refractivity contribution in [2.24, 2.45) is 5.14 Å². The maximum absolute atomic E-state index is 11.3. The van der Waals surface area contributed by atoms with Gasteiger partial charge in [-0.2, -0.15) is 0 Å². The Kier molecular flexibility index (Phi) is 5.58. The maximum atomic E-state index is 11.3. The van der Waals surface area contributed by atoms with Gasteiger partial charge in [0, 0.05) is 5.69 Å². The number of sulfonamides is 1. The third-order valence-corrected chi connectivity index (χ3v) is 4.97. The number of aryl methyl sites for hydroxylation is 2. The lowest BCUT2D eigenvalue weighted by molar-refractivity contribution is 0.597. The molecule has 0 fully saturated rings. The monoisotopic (exact) mass is 363 g/mol. The number of hydrogen-bond donors (Lipinski definition) is 3. The minimum atomic E-state index is -3.68. The molecule has 2 aromatic carbocycles. The molecule has 0 heterocycles. The third kappa shape index (κ3) is 4.77. The molecule has 0 aliphatic rings. The number of hydrogen-bond acceptors (Lipinski definition) is 3. The summed E-state index contributed by atoms with van der Waals surface area (Å²) in [6.07, 6.45) is 0. The molecule has 0 spiro atoms. The van der Waals surface area contributed by atoms with Crippen LogP contribution >= 0.6 is 12.2 Å². The zero-order valence-corrected chi connectivity index (χ0v) is 15.5. The van der Waals surface area contributed by atoms with Crippen molar-refractivity contribution in [2.45, 2.75) is 31.7 Å². The quantitative estimate of drug-likeness (QED) is 0.727. The Labute approximate surface area is 148 Å². The summed E-state index contributed by atoms with van der Waals surface area (Å²) in [5.41, 5.74) is 4.25. The van der Waals surface area contributed by atoms with E-state index in [4.69, 9.17) is 17.4 Å². The van der Waals surface area contributed by atoms with E-state index < -0.39 is 10.0 Å². The number of primary sulfonamides is 1. The van der Waals surface area contributed by atoms with Crippen LogP contribution in [0.5, 0.6) is 0 Å². The van der Waals surface area contributed by atoms with Gasteiger partial charge in [-0.05, 0) is 73.9 Å². The normalized spacial score (nSPS) is 12.5. The molecule has 0 aliphatic carbocycles. The lowest BCUT2D eigenvalue weighted by atomic mass is 10.1. The SMILES string of the molecule is Cc1ccc(NC(=S)N[C@@H](C)c2ccc(S(N)(=O)=O)cc2)cc1C. The lowest BCUT2D eigenvalue weighted by Gasteiger charge is -2.18. The Morgan fingerprint density at radius 1 is 1.08 bits per heavy atom. The molecule has 7 heteroatoms. The molecule has 5 nitrogen and oxygen atoms in total. The predicted molar refractivity (Wildman–Crippen MR) is 102 cm³/mol. The Hall–Kier alpha value is -1.96. The highest BCUT2D eigenvalue weighted by Crippen LogP contribution is 2.17. The van der Waals surface area contributed by atoms with Crippen molar-refractivity contribution in [3.05, 3.63) is 59.2 Å². The van der Waals surface area contributed by atoms with Gasteiger partial charge in [0.05, 0.1) is 10.9 Å². The van der Waals surface area contributed by atoms with Crippen LogP contribution in [-0.2, 0) is 10.0 Å². The second-order valence-corrected chi connectivity index (χ2v) is 7.70. The Morgan fingerprint density at radius 2 is 1.71 bits per heavy atom. The smallest absolute Gasteiger partial charge is 0.238 e. The number of nitrogens with one attached hydrogen (secondary N) is 2. The molecule has 2 aromatic rings. The molecule has 0 bridgehead atoms. The summed E-state index contributed by atoms with van der Waals surface area (Å²) in [6, 6.07) is 12.4. The molecule has 4 N–H and O–H groups in total. The van der Waals surface area contributed by atoms with E-state index in [1.54, 1.807) is 12.1 Å². The van der Waals surface area contributed by atoms with Crippen LogP contribution < -0.4 is 15.8 Å². The Bertz CT molecular complexity index is 847. The first kappa shape index (κ1) is 18.4. The minimum Gasteiger partial charge on any atom is -0.356 e. The molecule has 0 amide bonds. The second-order valence-electron chi connectivity index (χ2n) is 5.73. The van der Waals surface area contributed by atoms with Crippen molar-refractivity contribution in [1.82, 2.24) is 5.32 Å². The largest absolute Gasteiger partial charge is 0.356 e. The van der Waals surface area contributed by atoms with Gasteiger partial charge in [0.2, 0.25) is 10.0 Å². The van der Waals surface area contributed by atoms with Gasteiger partial charge >= 0.3 is 0 Å². The average molecular weight is 364 g/mol. The summed E-state index contributed by atoms with van der Waals surface area (Å²) in [6.45, 7) is 6.05. The van der Waals surface area contributed by atoms with Gasteiger partial charge in [0.25, 0.3) is 0 Å². The fourth-order valence-corrected chi connectivity index (χ4v) is 3.02. The van der Waals surface area contributed by atoms with Crippen molar-refractivity contribution >= 4 is 33.0 Å².